The minimum absolute atomic E-state index is 0.0449. The van der Waals surface area contributed by atoms with Gasteiger partial charge in [-0.1, -0.05) is 59.1 Å². The van der Waals surface area contributed by atoms with Crippen molar-refractivity contribution in [3.63, 3.8) is 0 Å². The number of benzene rings is 3. The lowest BCUT2D eigenvalue weighted by atomic mass is 9.48. The normalized spacial score (nSPS) is 26.1. The molecular formula is C41H30BCl2F3N4O8. The van der Waals surface area contributed by atoms with Crippen LogP contribution in [0.25, 0.3) is 0 Å². The molecule has 0 spiro atoms. The predicted molar refractivity (Wildman–Crippen MR) is 207 cm³/mol. The molecule has 300 valence electrons. The first-order chi connectivity index (χ1) is 28.1. The van der Waals surface area contributed by atoms with Crippen molar-refractivity contribution in [3.8, 4) is 11.5 Å². The zero-order valence-corrected chi connectivity index (χ0v) is 31.9. The maximum Gasteiger partial charge on any atom is 0.488 e. The standard InChI is InChI=1S/C41H30BCl2F3N4O8/c43-24-6-4-21(5-7-24)40-30(37(54)51(39(40)56)49-35-31(44)14-22(17-48-35)41(45,46)47)16-29-27(34(40)20-12-19-13-26(52)8-11-32(19)59-18-20)9-10-28-33(29)38(55)50(36(28)53)25-3-1-2-23(15-25)42(57)58/h1-9,11,13-15,17-18,28-30,33-34,52,57-58H,10,12,16H2,(H,48,49). The third kappa shape index (κ3) is 6.02. The molecule has 6 unspecified atom stereocenters. The summed E-state index contributed by atoms with van der Waals surface area (Å²) in [6.07, 6.45) is -0.851. The summed E-state index contributed by atoms with van der Waals surface area (Å²) < 4.78 is 46.7. The van der Waals surface area contributed by atoms with Crippen LogP contribution in [-0.2, 0) is 37.2 Å². The number of imide groups is 2. The first-order valence-electron chi connectivity index (χ1n) is 18.4. The van der Waals surface area contributed by atoms with Gasteiger partial charge in [0.15, 0.2) is 5.82 Å². The summed E-state index contributed by atoms with van der Waals surface area (Å²) in [7, 11) is -1.87. The van der Waals surface area contributed by atoms with Crippen LogP contribution in [0.4, 0.5) is 24.7 Å². The van der Waals surface area contributed by atoms with Gasteiger partial charge in [-0.15, -0.1) is 0 Å². The van der Waals surface area contributed by atoms with Crippen molar-refractivity contribution in [2.45, 2.75) is 30.9 Å². The molecule has 3 aliphatic heterocycles. The number of nitrogens with one attached hydrogen (secondary N) is 1. The van der Waals surface area contributed by atoms with Crippen molar-refractivity contribution >= 4 is 70.9 Å². The van der Waals surface area contributed by atoms with E-state index in [1.165, 1.54) is 42.7 Å². The molecule has 3 fully saturated rings. The highest BCUT2D eigenvalue weighted by atomic mass is 35.5. The molecule has 4 heterocycles. The molecule has 0 radical (unpaired) electrons. The minimum Gasteiger partial charge on any atom is -0.508 e. The third-order valence-corrected chi connectivity index (χ3v) is 12.7. The fourth-order valence-electron chi connectivity index (χ4n) is 9.68. The van der Waals surface area contributed by atoms with Crippen LogP contribution in [0.15, 0.2) is 102 Å². The van der Waals surface area contributed by atoms with E-state index >= 15 is 4.79 Å². The highest BCUT2D eigenvalue weighted by Gasteiger charge is 2.71. The molecule has 3 aromatic carbocycles. The number of pyridine rings is 1. The van der Waals surface area contributed by atoms with Crippen molar-refractivity contribution in [3.05, 3.63) is 129 Å². The number of ether oxygens (including phenoxy) is 1. The number of hydrogen-bond donors (Lipinski definition) is 4. The molecule has 18 heteroatoms. The van der Waals surface area contributed by atoms with Crippen molar-refractivity contribution in [1.82, 2.24) is 9.99 Å². The summed E-state index contributed by atoms with van der Waals surface area (Å²) in [6, 6.07) is 17.3. The number of phenols is 1. The maximum absolute atomic E-state index is 15.4. The molecule has 1 aromatic heterocycles. The monoisotopic (exact) mass is 844 g/mol. The fraction of sp³-hybridized carbons (Fsp3) is 0.244. The molecule has 5 aliphatic rings. The van der Waals surface area contributed by atoms with Gasteiger partial charge in [0.25, 0.3) is 11.8 Å². The number of phenolic OH excluding ortho intramolecular Hbond substituents is 1. The Labute approximate surface area is 343 Å². The van der Waals surface area contributed by atoms with Gasteiger partial charge in [0.1, 0.15) is 11.5 Å². The SMILES string of the molecule is O=C1C2CC3C(=CCC4C(=O)N(c5cccc(B(O)O)c5)C(=O)C43)C(C3=COc4ccc(O)cc4C3)C2(c2ccc(Cl)cc2)C(=O)N1Nc1ncc(C(F)(F)F)cc1Cl. The molecule has 0 bridgehead atoms. The first kappa shape index (κ1) is 38.8. The fourth-order valence-corrected chi connectivity index (χ4v) is 10.0. The lowest BCUT2D eigenvalue weighted by Gasteiger charge is -2.51. The van der Waals surface area contributed by atoms with Crippen molar-refractivity contribution < 1.29 is 52.2 Å². The van der Waals surface area contributed by atoms with Crippen LogP contribution in [0.5, 0.6) is 11.5 Å². The average Bonchev–Trinajstić information content (AvgIpc) is 3.58. The van der Waals surface area contributed by atoms with Gasteiger partial charge in [-0.05, 0) is 83.9 Å². The van der Waals surface area contributed by atoms with Gasteiger partial charge in [0.2, 0.25) is 11.8 Å². The van der Waals surface area contributed by atoms with E-state index in [0.717, 1.165) is 4.90 Å². The summed E-state index contributed by atoms with van der Waals surface area (Å²) in [5, 5.41) is 30.7. The van der Waals surface area contributed by atoms with Crippen molar-refractivity contribution in [1.29, 1.82) is 0 Å². The van der Waals surface area contributed by atoms with E-state index in [-0.39, 0.29) is 36.2 Å². The molecule has 59 heavy (non-hydrogen) atoms. The van der Waals surface area contributed by atoms with E-state index in [0.29, 0.717) is 50.3 Å². The molecule has 4 aromatic rings. The van der Waals surface area contributed by atoms with Gasteiger partial charge < -0.3 is 19.9 Å². The van der Waals surface area contributed by atoms with E-state index < -0.39 is 88.3 Å². The topological polar surface area (TPSA) is 170 Å². The summed E-state index contributed by atoms with van der Waals surface area (Å²) in [5.41, 5.74) is 1.89. The number of halogens is 5. The lowest BCUT2D eigenvalue weighted by molar-refractivity contribution is -0.139. The van der Waals surface area contributed by atoms with Crippen LogP contribution in [0, 0.1) is 29.6 Å². The summed E-state index contributed by atoms with van der Waals surface area (Å²) >= 11 is 12.6. The quantitative estimate of drug-likeness (QED) is 0.113. The number of aromatic nitrogens is 1. The average molecular weight is 845 g/mol. The number of aromatic hydroxyl groups is 1. The van der Waals surface area contributed by atoms with Crippen LogP contribution >= 0.6 is 23.2 Å². The van der Waals surface area contributed by atoms with Crippen LogP contribution < -0.4 is 20.5 Å². The van der Waals surface area contributed by atoms with E-state index in [2.05, 4.69) is 10.4 Å². The molecule has 12 nitrogen and oxygen atoms in total. The Balaban J connectivity index is 1.21. The Morgan fingerprint density at radius 3 is 2.41 bits per heavy atom. The molecule has 9 rings (SSSR count). The number of fused-ring (bicyclic) bond motifs is 5. The molecule has 1 saturated carbocycles. The first-order valence-corrected chi connectivity index (χ1v) is 19.2. The van der Waals surface area contributed by atoms with Gasteiger partial charge in [-0.3, -0.25) is 29.5 Å². The van der Waals surface area contributed by atoms with Gasteiger partial charge in [-0.25, -0.2) is 4.98 Å². The van der Waals surface area contributed by atoms with Crippen LogP contribution in [0.3, 0.4) is 0 Å². The second-order valence-corrected chi connectivity index (χ2v) is 16.0. The molecule has 6 atom stereocenters. The Kier molecular flexibility index (Phi) is 9.19. The summed E-state index contributed by atoms with van der Waals surface area (Å²) in [5.74, 6) is -7.62. The highest BCUT2D eigenvalue weighted by molar-refractivity contribution is 6.58. The Morgan fingerprint density at radius 2 is 1.69 bits per heavy atom. The van der Waals surface area contributed by atoms with E-state index in [1.54, 1.807) is 30.3 Å². The molecule has 2 saturated heterocycles. The van der Waals surface area contributed by atoms with Crippen LogP contribution in [-0.4, -0.2) is 55.9 Å². The Bertz CT molecular complexity index is 2550. The summed E-state index contributed by atoms with van der Waals surface area (Å²) in [4.78, 5) is 64.0. The molecule has 2 aliphatic carbocycles. The Hall–Kier alpha value is -5.68. The number of alkyl halides is 3. The number of allylic oxidation sites excluding steroid dienone is 3. The van der Waals surface area contributed by atoms with Crippen LogP contribution in [0.2, 0.25) is 10.0 Å². The van der Waals surface area contributed by atoms with E-state index in [1.807, 2.05) is 6.08 Å². The number of nitrogens with zero attached hydrogens (tertiary/aromatic N) is 3. The number of hydrazine groups is 1. The lowest BCUT2D eigenvalue weighted by Crippen LogP contribution is -2.55. The zero-order valence-electron chi connectivity index (χ0n) is 30.4. The predicted octanol–water partition coefficient (Wildman–Crippen LogP) is 5.33. The molecular weight excluding hydrogens is 815 g/mol. The van der Waals surface area contributed by atoms with Crippen LogP contribution in [0.1, 0.15) is 29.5 Å². The third-order valence-electron chi connectivity index (χ3n) is 12.1. The molecule has 4 amide bonds. The smallest absolute Gasteiger partial charge is 0.488 e. The number of carbonyl (C=O) groups excluding carboxylic acids is 4. The van der Waals surface area contributed by atoms with Crippen molar-refractivity contribution in [2.24, 2.45) is 29.6 Å². The number of amides is 4. The number of rotatable bonds is 6. The van der Waals surface area contributed by atoms with Gasteiger partial charge in [0, 0.05) is 29.1 Å². The van der Waals surface area contributed by atoms with Crippen molar-refractivity contribution in [2.75, 3.05) is 10.3 Å². The number of carbonyl (C=O) groups is 4. The Morgan fingerprint density at radius 1 is 0.932 bits per heavy atom. The highest BCUT2D eigenvalue weighted by Crippen LogP contribution is 2.63. The summed E-state index contributed by atoms with van der Waals surface area (Å²) in [6.45, 7) is 0. The van der Waals surface area contributed by atoms with Gasteiger partial charge in [0.05, 0.1) is 45.7 Å². The van der Waals surface area contributed by atoms with E-state index in [4.69, 9.17) is 27.9 Å². The largest absolute Gasteiger partial charge is 0.508 e. The minimum atomic E-state index is -4.78. The zero-order chi connectivity index (χ0) is 41.7. The maximum atomic E-state index is 15.4. The number of anilines is 2. The number of hydrogen-bond acceptors (Lipinski definition) is 10. The van der Waals surface area contributed by atoms with Gasteiger partial charge in [-0.2, -0.15) is 18.2 Å². The van der Waals surface area contributed by atoms with E-state index in [9.17, 15) is 42.7 Å². The molecule has 4 N–H and O–H groups in total. The second-order valence-electron chi connectivity index (χ2n) is 15.2. The van der Waals surface area contributed by atoms with Gasteiger partial charge >= 0.3 is 13.3 Å². The second kappa shape index (κ2) is 14.0.